The van der Waals surface area contributed by atoms with Gasteiger partial charge < -0.3 is 28.8 Å². The van der Waals surface area contributed by atoms with Gasteiger partial charge in [-0.25, -0.2) is 14.4 Å². The lowest BCUT2D eigenvalue weighted by Crippen LogP contribution is -2.45. The Balaban J connectivity index is 2.54. The molecule has 1 N–H and O–H groups in total. The molecule has 0 saturated carbocycles. The van der Waals surface area contributed by atoms with E-state index in [1.54, 1.807) is 18.2 Å². The van der Waals surface area contributed by atoms with E-state index in [0.717, 1.165) is 22.3 Å². The van der Waals surface area contributed by atoms with Crippen LogP contribution in [0.5, 0.6) is 0 Å². The van der Waals surface area contributed by atoms with E-state index in [1.165, 1.54) is 13.8 Å². The zero-order valence-corrected chi connectivity index (χ0v) is 33.7. The van der Waals surface area contributed by atoms with Crippen LogP contribution in [0.25, 0.3) is 0 Å². The Morgan fingerprint density at radius 3 is 2.25 bits per heavy atom. The van der Waals surface area contributed by atoms with Crippen molar-refractivity contribution >= 4 is 36.1 Å². The van der Waals surface area contributed by atoms with Crippen LogP contribution in [0, 0.1) is 11.8 Å². The summed E-state index contributed by atoms with van der Waals surface area (Å²) in [5.74, 6) is -4.23. The molecule has 4 atom stereocenters. The largest absolute Gasteiger partial charge is 0.462 e. The molecule has 0 unspecified atom stereocenters. The second kappa shape index (κ2) is 23.7. The van der Waals surface area contributed by atoms with Gasteiger partial charge in [-0.05, 0) is 88.9 Å². The molecule has 56 heavy (non-hydrogen) atoms. The van der Waals surface area contributed by atoms with E-state index >= 15 is 0 Å². The Morgan fingerprint density at radius 2 is 1.62 bits per heavy atom. The molecule has 12 heteroatoms. The average molecular weight is 779 g/mol. The maximum Gasteiger partial charge on any atom is 0.336 e. The SMILES string of the molecule is C=C(CO)C(=O)O[C@H]1[C@@H]2C(=C)C(=O)O[C@H]2/C=C(\C)CC/C=C(/C=O)[C@H]1OC(=O)/C(=C\CC/C(=C/CC/C(C)=C\COC(C)=O)COC(C)=O)CCC(=C)C(C)C. The van der Waals surface area contributed by atoms with Gasteiger partial charge in [0.25, 0.3) is 0 Å². The van der Waals surface area contributed by atoms with Crippen LogP contribution in [0.15, 0.2) is 94.7 Å². The van der Waals surface area contributed by atoms with Crippen LogP contribution in [-0.2, 0) is 52.5 Å². The predicted molar refractivity (Wildman–Crippen MR) is 211 cm³/mol. The lowest BCUT2D eigenvalue weighted by Gasteiger charge is -2.33. The fourth-order valence-corrected chi connectivity index (χ4v) is 5.94. The molecule has 0 amide bonds. The van der Waals surface area contributed by atoms with E-state index in [2.05, 4.69) is 19.7 Å². The molecular formula is C44H58O12. The number of rotatable bonds is 20. The summed E-state index contributed by atoms with van der Waals surface area (Å²) in [7, 11) is 0. The number of carbonyl (C=O) groups is 6. The molecule has 306 valence electrons. The zero-order valence-electron chi connectivity index (χ0n) is 33.7. The molecule has 2 aliphatic rings. The standard InChI is InChI=1S/C44H58O12/c1-27(2)30(5)19-20-36(17-12-16-35(26-53-34(9)48)15-10-13-28(3)21-22-52-33(8)47)44(51)55-40-37(25-46)18-11-14-29(4)23-38-39(32(7)43(50)54-38)41(40)56-42(49)31(6)24-45/h15,17-18,21,23,25,27,38-41,45H,5-7,10-14,16,19-20,22,24,26H2,1-4,8-9H3/b28-21-,29-23+,35-15-,36-17-,37-18-/t38-,39+,40+,41-/m0/s1. The van der Waals surface area contributed by atoms with Gasteiger partial charge in [0.15, 0.2) is 12.2 Å². The van der Waals surface area contributed by atoms with Crippen molar-refractivity contribution in [2.75, 3.05) is 19.8 Å². The van der Waals surface area contributed by atoms with E-state index < -0.39 is 54.7 Å². The molecule has 1 heterocycles. The third kappa shape index (κ3) is 15.6. The molecule has 0 spiro atoms. The maximum atomic E-state index is 14.3. The van der Waals surface area contributed by atoms with Crippen LogP contribution in [-0.4, -0.2) is 79.4 Å². The molecule has 1 aliphatic heterocycles. The lowest BCUT2D eigenvalue weighted by atomic mass is 9.83. The molecule has 2 rings (SSSR count). The third-order valence-corrected chi connectivity index (χ3v) is 9.50. The Bertz CT molecular complexity index is 1670. The van der Waals surface area contributed by atoms with Gasteiger partial charge >= 0.3 is 29.8 Å². The van der Waals surface area contributed by atoms with Gasteiger partial charge in [-0.2, -0.15) is 0 Å². The number of allylic oxidation sites excluding steroid dienone is 6. The first-order valence-corrected chi connectivity index (χ1v) is 18.9. The van der Waals surface area contributed by atoms with Gasteiger partial charge in [-0.1, -0.05) is 68.5 Å². The number of aliphatic hydroxyl groups is 1. The first kappa shape index (κ1) is 47.1. The van der Waals surface area contributed by atoms with Gasteiger partial charge in [-0.15, -0.1) is 0 Å². The number of aliphatic hydroxyl groups excluding tert-OH is 1. The van der Waals surface area contributed by atoms with Crippen LogP contribution < -0.4 is 0 Å². The van der Waals surface area contributed by atoms with Gasteiger partial charge in [0, 0.05) is 30.6 Å². The maximum absolute atomic E-state index is 14.3. The number of carbonyl (C=O) groups excluding carboxylic acids is 6. The molecule has 1 saturated heterocycles. The molecule has 0 aromatic heterocycles. The highest BCUT2D eigenvalue weighted by Gasteiger charge is 2.50. The van der Waals surface area contributed by atoms with E-state index in [-0.39, 0.29) is 53.8 Å². The van der Waals surface area contributed by atoms with E-state index in [4.69, 9.17) is 23.7 Å². The Labute approximate surface area is 330 Å². The van der Waals surface area contributed by atoms with Crippen molar-refractivity contribution in [2.45, 2.75) is 111 Å². The number of ether oxygens (including phenoxy) is 5. The summed E-state index contributed by atoms with van der Waals surface area (Å²) < 4.78 is 27.9. The third-order valence-electron chi connectivity index (χ3n) is 9.50. The number of fused-ring (bicyclic) bond motifs is 1. The zero-order chi connectivity index (χ0) is 41.9. The van der Waals surface area contributed by atoms with Crippen LogP contribution in [0.2, 0.25) is 0 Å². The number of esters is 5. The fraction of sp³-hybridized carbons (Fsp3) is 0.500. The van der Waals surface area contributed by atoms with Crippen molar-refractivity contribution in [2.24, 2.45) is 11.8 Å². The molecule has 1 aliphatic carbocycles. The minimum atomic E-state index is -1.49. The van der Waals surface area contributed by atoms with Crippen molar-refractivity contribution in [1.29, 1.82) is 0 Å². The first-order valence-electron chi connectivity index (χ1n) is 18.9. The first-order chi connectivity index (χ1) is 26.5. The second-order valence-electron chi connectivity index (χ2n) is 14.4. The van der Waals surface area contributed by atoms with Gasteiger partial charge in [-0.3, -0.25) is 14.4 Å². The highest BCUT2D eigenvalue weighted by atomic mass is 16.6. The van der Waals surface area contributed by atoms with Gasteiger partial charge in [0.2, 0.25) is 0 Å². The summed E-state index contributed by atoms with van der Waals surface area (Å²) in [5, 5.41) is 9.64. The van der Waals surface area contributed by atoms with Gasteiger partial charge in [0.05, 0.1) is 18.1 Å². The Kier molecular flexibility index (Phi) is 19.9. The van der Waals surface area contributed by atoms with Crippen molar-refractivity contribution in [1.82, 2.24) is 0 Å². The van der Waals surface area contributed by atoms with Crippen molar-refractivity contribution in [3.8, 4) is 0 Å². The number of hydrogen-bond acceptors (Lipinski definition) is 12. The molecule has 0 bridgehead atoms. The average Bonchev–Trinajstić information content (AvgIpc) is 3.41. The van der Waals surface area contributed by atoms with E-state index in [0.29, 0.717) is 51.2 Å². The summed E-state index contributed by atoms with van der Waals surface area (Å²) in [5.41, 5.74) is 3.57. The monoisotopic (exact) mass is 778 g/mol. The minimum Gasteiger partial charge on any atom is -0.462 e. The fourth-order valence-electron chi connectivity index (χ4n) is 5.94. The molecular weight excluding hydrogens is 720 g/mol. The molecule has 12 nitrogen and oxygen atoms in total. The van der Waals surface area contributed by atoms with Crippen LogP contribution in [0.3, 0.4) is 0 Å². The molecule has 0 aromatic carbocycles. The summed E-state index contributed by atoms with van der Waals surface area (Å²) >= 11 is 0. The lowest BCUT2D eigenvalue weighted by molar-refractivity contribution is -0.165. The van der Waals surface area contributed by atoms with E-state index in [1.807, 2.05) is 39.8 Å². The van der Waals surface area contributed by atoms with Crippen molar-refractivity contribution in [3.63, 3.8) is 0 Å². The Morgan fingerprint density at radius 1 is 0.946 bits per heavy atom. The van der Waals surface area contributed by atoms with Crippen LogP contribution >= 0.6 is 0 Å². The second-order valence-corrected chi connectivity index (χ2v) is 14.4. The number of hydrogen-bond donors (Lipinski definition) is 1. The van der Waals surface area contributed by atoms with Crippen LogP contribution in [0.1, 0.15) is 92.9 Å². The van der Waals surface area contributed by atoms with Crippen molar-refractivity contribution in [3.05, 3.63) is 94.7 Å². The summed E-state index contributed by atoms with van der Waals surface area (Å²) in [6.45, 7) is 21.6. The summed E-state index contributed by atoms with van der Waals surface area (Å²) in [6, 6.07) is 0. The molecule has 1 fully saturated rings. The van der Waals surface area contributed by atoms with Crippen LogP contribution in [0.4, 0.5) is 0 Å². The quantitative estimate of drug-likeness (QED) is 0.0452. The normalized spacial score (nSPS) is 22.4. The summed E-state index contributed by atoms with van der Waals surface area (Å²) in [4.78, 5) is 75.7. The van der Waals surface area contributed by atoms with Gasteiger partial charge in [0.1, 0.15) is 25.6 Å². The minimum absolute atomic E-state index is 0.0149. The van der Waals surface area contributed by atoms with E-state index in [9.17, 15) is 33.9 Å². The Hall–Kier alpha value is -5.10. The van der Waals surface area contributed by atoms with Crippen molar-refractivity contribution < 1.29 is 57.6 Å². The highest BCUT2D eigenvalue weighted by Crippen LogP contribution is 2.38. The molecule has 0 radical (unpaired) electrons. The topological polar surface area (TPSA) is 169 Å². The summed E-state index contributed by atoms with van der Waals surface area (Å²) in [6.07, 6.45) is 9.18. The highest BCUT2D eigenvalue weighted by molar-refractivity contribution is 5.93. The smallest absolute Gasteiger partial charge is 0.336 e. The predicted octanol–water partition coefficient (Wildman–Crippen LogP) is 6.80. The number of aldehydes is 1. The molecule has 0 aromatic rings.